The number of amides is 1. The molecule has 3 fully saturated rings. The molecule has 2 aromatic heterocycles. The van der Waals surface area contributed by atoms with Gasteiger partial charge in [-0.3, -0.25) is 14.7 Å². The fraction of sp³-hybridized carbons (Fsp3) is 0.560. The van der Waals surface area contributed by atoms with E-state index in [9.17, 15) is 4.79 Å². The van der Waals surface area contributed by atoms with E-state index in [2.05, 4.69) is 20.9 Å². The molecule has 3 saturated heterocycles. The summed E-state index contributed by atoms with van der Waals surface area (Å²) in [6.07, 6.45) is 12.4. The van der Waals surface area contributed by atoms with Crippen LogP contribution in [-0.4, -0.2) is 57.4 Å². The Labute approximate surface area is 188 Å². The van der Waals surface area contributed by atoms with E-state index in [-0.39, 0.29) is 5.91 Å². The standard InChI is InChI=1S/C25H30N4OS/c30-23(14-20-16-31-25(27-20)21-7-1-3-9-26-21)29-11-5-6-17-12-18-13-19(24(17)29)15-28-10-4-2-8-22(18)28/h1,3,7,9,12,16,18-19,22,24H,2,4-6,8,10-11,13-15H2/t18-,19+,22-,24-/m1/s1. The molecule has 1 aliphatic carbocycles. The van der Waals surface area contributed by atoms with Crippen molar-refractivity contribution in [3.05, 3.63) is 47.1 Å². The predicted octanol–water partition coefficient (Wildman–Crippen LogP) is 4.17. The molecule has 162 valence electrons. The Morgan fingerprint density at radius 3 is 3.06 bits per heavy atom. The van der Waals surface area contributed by atoms with Crippen LogP contribution in [0.15, 0.2) is 41.4 Å². The first-order valence-corrected chi connectivity index (χ1v) is 12.7. The Balaban J connectivity index is 1.21. The number of fused-ring (bicyclic) bond motifs is 6. The van der Waals surface area contributed by atoms with E-state index < -0.39 is 0 Å². The monoisotopic (exact) mass is 434 g/mol. The van der Waals surface area contributed by atoms with Crippen molar-refractivity contribution in [1.29, 1.82) is 0 Å². The van der Waals surface area contributed by atoms with Crippen molar-refractivity contribution < 1.29 is 4.79 Å². The molecule has 0 spiro atoms. The summed E-state index contributed by atoms with van der Waals surface area (Å²) in [6.45, 7) is 3.31. The Hall–Kier alpha value is -2.05. The summed E-state index contributed by atoms with van der Waals surface area (Å²) < 4.78 is 0. The summed E-state index contributed by atoms with van der Waals surface area (Å²) >= 11 is 1.58. The SMILES string of the molecule is O=C(Cc1csc(-c2ccccn2)n1)N1CCCC2=C[C@@H]3C[C@@H](CN4CCCC[C@H]34)[C@@H]21. The van der Waals surface area contributed by atoms with Gasteiger partial charge in [0.1, 0.15) is 5.01 Å². The van der Waals surface area contributed by atoms with Gasteiger partial charge in [-0.1, -0.05) is 24.1 Å². The molecular formula is C25H30N4OS. The highest BCUT2D eigenvalue weighted by atomic mass is 32.1. The van der Waals surface area contributed by atoms with Crippen molar-refractivity contribution in [2.75, 3.05) is 19.6 Å². The van der Waals surface area contributed by atoms with Crippen LogP contribution < -0.4 is 0 Å². The number of aromatic nitrogens is 2. The average Bonchev–Trinajstić information content (AvgIpc) is 3.28. The van der Waals surface area contributed by atoms with E-state index in [4.69, 9.17) is 4.98 Å². The van der Waals surface area contributed by atoms with Crippen molar-refractivity contribution >= 4 is 17.2 Å². The zero-order valence-corrected chi connectivity index (χ0v) is 18.8. The van der Waals surface area contributed by atoms with Gasteiger partial charge in [0.15, 0.2) is 0 Å². The molecule has 3 aliphatic heterocycles. The van der Waals surface area contributed by atoms with Gasteiger partial charge in [0, 0.05) is 30.7 Å². The molecule has 2 bridgehead atoms. The number of carbonyl (C=O) groups excluding carboxylic acids is 1. The van der Waals surface area contributed by atoms with Crippen molar-refractivity contribution in [1.82, 2.24) is 19.8 Å². The molecule has 2 aromatic rings. The third-order valence-corrected chi connectivity index (χ3v) is 8.66. The van der Waals surface area contributed by atoms with Crippen LogP contribution in [0.3, 0.4) is 0 Å². The summed E-state index contributed by atoms with van der Waals surface area (Å²) in [7, 11) is 0. The molecule has 1 amide bonds. The van der Waals surface area contributed by atoms with Crippen molar-refractivity contribution in [2.24, 2.45) is 11.8 Å². The maximum Gasteiger partial charge on any atom is 0.229 e. The van der Waals surface area contributed by atoms with Crippen LogP contribution in [-0.2, 0) is 11.2 Å². The normalized spacial score (nSPS) is 30.3. The molecule has 0 N–H and O–H groups in total. The zero-order chi connectivity index (χ0) is 20.8. The Kier molecular flexibility index (Phi) is 5.15. The molecule has 5 heterocycles. The first kappa shape index (κ1) is 19.6. The number of likely N-dealkylation sites (tertiary alicyclic amines) is 1. The van der Waals surface area contributed by atoms with E-state index in [1.807, 2.05) is 23.6 Å². The predicted molar refractivity (Wildman–Crippen MR) is 123 cm³/mol. The van der Waals surface area contributed by atoms with Gasteiger partial charge >= 0.3 is 0 Å². The second-order valence-electron chi connectivity index (χ2n) is 9.63. The van der Waals surface area contributed by atoms with Gasteiger partial charge in [-0.2, -0.15) is 0 Å². The number of piperidine rings is 3. The fourth-order valence-electron chi connectivity index (χ4n) is 6.50. The molecule has 4 atom stereocenters. The number of pyridine rings is 1. The number of hydrogen-bond donors (Lipinski definition) is 0. The van der Waals surface area contributed by atoms with E-state index in [1.165, 1.54) is 45.2 Å². The quantitative estimate of drug-likeness (QED) is 0.681. The van der Waals surface area contributed by atoms with Crippen molar-refractivity contribution in [3.8, 4) is 10.7 Å². The highest BCUT2D eigenvalue weighted by Gasteiger charge is 2.46. The first-order chi connectivity index (χ1) is 15.3. The lowest BCUT2D eigenvalue weighted by Crippen LogP contribution is -2.60. The topological polar surface area (TPSA) is 49.3 Å². The molecule has 0 unspecified atom stereocenters. The highest BCUT2D eigenvalue weighted by molar-refractivity contribution is 7.13. The minimum absolute atomic E-state index is 0.243. The van der Waals surface area contributed by atoms with Gasteiger partial charge in [-0.25, -0.2) is 4.98 Å². The second-order valence-corrected chi connectivity index (χ2v) is 10.5. The van der Waals surface area contributed by atoms with Crippen LogP contribution >= 0.6 is 11.3 Å². The number of thiazole rings is 1. The van der Waals surface area contributed by atoms with Crippen LogP contribution in [0.25, 0.3) is 10.7 Å². The minimum atomic E-state index is 0.243. The van der Waals surface area contributed by atoms with Crippen molar-refractivity contribution in [2.45, 2.75) is 57.0 Å². The summed E-state index contributed by atoms with van der Waals surface area (Å²) in [5.41, 5.74) is 3.31. The summed E-state index contributed by atoms with van der Waals surface area (Å²) in [5, 5.41) is 2.92. The zero-order valence-electron chi connectivity index (χ0n) is 17.9. The molecule has 4 aliphatic rings. The Morgan fingerprint density at radius 2 is 2.16 bits per heavy atom. The highest BCUT2D eigenvalue weighted by Crippen LogP contribution is 2.45. The number of hydrogen-bond acceptors (Lipinski definition) is 5. The lowest BCUT2D eigenvalue weighted by atomic mass is 9.68. The molecule has 6 heteroatoms. The molecule has 6 rings (SSSR count). The van der Waals surface area contributed by atoms with Gasteiger partial charge in [0.2, 0.25) is 5.91 Å². The van der Waals surface area contributed by atoms with Gasteiger partial charge in [0.25, 0.3) is 0 Å². The lowest BCUT2D eigenvalue weighted by molar-refractivity contribution is -0.135. The largest absolute Gasteiger partial charge is 0.335 e. The lowest BCUT2D eigenvalue weighted by Gasteiger charge is -2.54. The molecule has 0 saturated carbocycles. The van der Waals surface area contributed by atoms with E-state index in [1.54, 1.807) is 23.1 Å². The number of rotatable bonds is 3. The minimum Gasteiger partial charge on any atom is -0.335 e. The smallest absolute Gasteiger partial charge is 0.229 e. The average molecular weight is 435 g/mol. The van der Waals surface area contributed by atoms with Gasteiger partial charge in [-0.15, -0.1) is 11.3 Å². The first-order valence-electron chi connectivity index (χ1n) is 11.9. The van der Waals surface area contributed by atoms with Crippen LogP contribution in [0, 0.1) is 11.8 Å². The van der Waals surface area contributed by atoms with E-state index >= 15 is 0 Å². The Morgan fingerprint density at radius 1 is 1.19 bits per heavy atom. The molecule has 0 aromatic carbocycles. The second kappa shape index (κ2) is 8.14. The fourth-order valence-corrected chi connectivity index (χ4v) is 7.30. The third kappa shape index (κ3) is 3.64. The maximum absolute atomic E-state index is 13.4. The number of carbonyl (C=O) groups is 1. The third-order valence-electron chi connectivity index (χ3n) is 7.75. The number of nitrogens with zero attached hydrogens (tertiary/aromatic N) is 4. The van der Waals surface area contributed by atoms with Crippen molar-refractivity contribution in [3.63, 3.8) is 0 Å². The summed E-state index contributed by atoms with van der Waals surface area (Å²) in [4.78, 5) is 27.5. The van der Waals surface area contributed by atoms with Crippen LogP contribution in [0.2, 0.25) is 0 Å². The van der Waals surface area contributed by atoms with Gasteiger partial charge in [-0.05, 0) is 62.6 Å². The van der Waals surface area contributed by atoms with Crippen LogP contribution in [0.1, 0.15) is 44.2 Å². The molecular weight excluding hydrogens is 404 g/mol. The van der Waals surface area contributed by atoms with Crippen LogP contribution in [0.4, 0.5) is 0 Å². The van der Waals surface area contributed by atoms with E-state index in [0.29, 0.717) is 24.3 Å². The molecule has 31 heavy (non-hydrogen) atoms. The van der Waals surface area contributed by atoms with Gasteiger partial charge in [0.05, 0.1) is 23.9 Å². The van der Waals surface area contributed by atoms with E-state index in [0.717, 1.165) is 35.4 Å². The van der Waals surface area contributed by atoms with Crippen LogP contribution in [0.5, 0.6) is 0 Å². The molecule has 5 nitrogen and oxygen atoms in total. The Bertz CT molecular complexity index is 986. The molecule has 0 radical (unpaired) electrons. The van der Waals surface area contributed by atoms with Gasteiger partial charge < -0.3 is 4.90 Å². The summed E-state index contributed by atoms with van der Waals surface area (Å²) in [5.74, 6) is 1.55. The summed E-state index contributed by atoms with van der Waals surface area (Å²) in [6, 6.07) is 6.93. The maximum atomic E-state index is 13.4.